The van der Waals surface area contributed by atoms with E-state index in [1.165, 1.54) is 0 Å². The number of aromatic carboxylic acids is 1. The van der Waals surface area contributed by atoms with Crippen molar-refractivity contribution in [1.82, 2.24) is 9.29 Å². The number of thiazole rings is 1. The number of aliphatic hydroxyl groups excluding tert-OH is 1. The number of carbonyl (C=O) groups is 2. The van der Waals surface area contributed by atoms with Crippen molar-refractivity contribution >= 4 is 33.2 Å². The van der Waals surface area contributed by atoms with Crippen molar-refractivity contribution in [3.05, 3.63) is 11.2 Å². The number of hydrogen-bond acceptors (Lipinski definition) is 7. The van der Waals surface area contributed by atoms with Crippen LogP contribution in [0.1, 0.15) is 16.9 Å². The number of carboxylic acid groups (broad SMARTS) is 1. The van der Waals surface area contributed by atoms with Crippen LogP contribution in [0.15, 0.2) is 9.72 Å². The van der Waals surface area contributed by atoms with Gasteiger partial charge in [-0.15, -0.1) is 11.3 Å². The number of β-amino-alcohol motifs (C(OH)–C–C–N with tert-alkyl or cyclic N) is 1. The zero-order valence-electron chi connectivity index (χ0n) is 9.96. The number of carboxylic acids is 1. The van der Waals surface area contributed by atoms with E-state index in [1.54, 1.807) is 0 Å². The van der Waals surface area contributed by atoms with E-state index in [4.69, 9.17) is 10.8 Å². The van der Waals surface area contributed by atoms with Gasteiger partial charge in [0.1, 0.15) is 6.04 Å². The van der Waals surface area contributed by atoms with Gasteiger partial charge in [-0.3, -0.25) is 4.79 Å². The largest absolute Gasteiger partial charge is 0.476 e. The van der Waals surface area contributed by atoms with Gasteiger partial charge in [0.2, 0.25) is 5.91 Å². The summed E-state index contributed by atoms with van der Waals surface area (Å²) in [7, 11) is -4.25. The van der Waals surface area contributed by atoms with E-state index in [9.17, 15) is 23.1 Å². The Balaban J connectivity index is 2.47. The van der Waals surface area contributed by atoms with Crippen molar-refractivity contribution < 1.29 is 28.2 Å². The third kappa shape index (κ3) is 2.40. The molecule has 2 atom stereocenters. The highest BCUT2D eigenvalue weighted by atomic mass is 32.2. The molecule has 2 unspecified atom stereocenters. The molecule has 0 aliphatic carbocycles. The first-order chi connectivity index (χ1) is 9.25. The van der Waals surface area contributed by atoms with Crippen molar-refractivity contribution in [3.8, 4) is 0 Å². The van der Waals surface area contributed by atoms with E-state index in [-0.39, 0.29) is 13.0 Å². The summed E-state index contributed by atoms with van der Waals surface area (Å²) in [6.07, 6.45) is -1.14. The van der Waals surface area contributed by atoms with E-state index in [1.807, 2.05) is 0 Å². The molecule has 20 heavy (non-hydrogen) atoms. The minimum atomic E-state index is -4.25. The molecule has 2 heterocycles. The lowest BCUT2D eigenvalue weighted by molar-refractivity contribution is -0.121. The topological polar surface area (TPSA) is 151 Å². The molecule has 0 radical (unpaired) electrons. The lowest BCUT2D eigenvalue weighted by atomic mass is 10.2. The summed E-state index contributed by atoms with van der Waals surface area (Å²) in [6.45, 7) is -0.313. The highest BCUT2D eigenvalue weighted by Crippen LogP contribution is 2.30. The highest BCUT2D eigenvalue weighted by molar-refractivity contribution is 7.91. The molecule has 4 N–H and O–H groups in total. The molecule has 1 fully saturated rings. The second-order valence-electron chi connectivity index (χ2n) is 4.18. The SMILES string of the molecule is NC(=O)C1CC(O)CN1S(=O)(=O)c1scnc1C(=O)O. The Morgan fingerprint density at radius 2 is 2.15 bits per heavy atom. The molecule has 110 valence electrons. The van der Waals surface area contributed by atoms with Crippen LogP contribution < -0.4 is 5.73 Å². The maximum Gasteiger partial charge on any atom is 0.356 e. The zero-order chi connectivity index (χ0) is 15.1. The molecule has 0 aromatic carbocycles. The van der Waals surface area contributed by atoms with Crippen LogP contribution in [-0.2, 0) is 14.8 Å². The molecular formula is C9H11N3O6S2. The Morgan fingerprint density at radius 1 is 1.50 bits per heavy atom. The number of rotatable bonds is 4. The van der Waals surface area contributed by atoms with Crippen molar-refractivity contribution in [2.45, 2.75) is 22.8 Å². The van der Waals surface area contributed by atoms with Gasteiger partial charge in [-0.05, 0) is 0 Å². The van der Waals surface area contributed by atoms with E-state index < -0.39 is 43.9 Å². The molecule has 9 nitrogen and oxygen atoms in total. The van der Waals surface area contributed by atoms with E-state index >= 15 is 0 Å². The van der Waals surface area contributed by atoms with Gasteiger partial charge in [-0.25, -0.2) is 18.2 Å². The zero-order valence-corrected chi connectivity index (χ0v) is 11.6. The summed E-state index contributed by atoms with van der Waals surface area (Å²) in [4.78, 5) is 25.7. The first-order valence-electron chi connectivity index (χ1n) is 5.41. The maximum absolute atomic E-state index is 12.4. The molecule has 0 saturated carbocycles. The minimum Gasteiger partial charge on any atom is -0.476 e. The molecule has 1 aliphatic heterocycles. The van der Waals surface area contributed by atoms with Gasteiger partial charge < -0.3 is 15.9 Å². The van der Waals surface area contributed by atoms with Gasteiger partial charge >= 0.3 is 5.97 Å². The fraction of sp³-hybridized carbons (Fsp3) is 0.444. The Kier molecular flexibility index (Phi) is 3.77. The van der Waals surface area contributed by atoms with Crippen LogP contribution in [0.3, 0.4) is 0 Å². The standard InChI is InChI=1S/C9H11N3O6S2/c10-7(14)5-1-4(13)2-12(5)20(17,18)9-6(8(15)16)11-3-19-9/h3-5,13H,1-2H2,(H2,10,14)(H,15,16). The number of aromatic nitrogens is 1. The van der Waals surface area contributed by atoms with Crippen molar-refractivity contribution in [2.24, 2.45) is 5.73 Å². The van der Waals surface area contributed by atoms with Crippen molar-refractivity contribution in [1.29, 1.82) is 0 Å². The number of amides is 1. The van der Waals surface area contributed by atoms with E-state index in [0.717, 1.165) is 9.82 Å². The maximum atomic E-state index is 12.4. The molecule has 1 aromatic rings. The average Bonchev–Trinajstić information content (AvgIpc) is 2.94. The Morgan fingerprint density at radius 3 is 2.70 bits per heavy atom. The summed E-state index contributed by atoms with van der Waals surface area (Å²) in [5.41, 5.74) is 5.59. The van der Waals surface area contributed by atoms with E-state index in [2.05, 4.69) is 4.98 Å². The first kappa shape index (κ1) is 14.8. The third-order valence-corrected chi connectivity index (χ3v) is 6.06. The molecule has 0 spiro atoms. The molecule has 1 saturated heterocycles. The number of carbonyl (C=O) groups excluding carboxylic acids is 1. The monoisotopic (exact) mass is 321 g/mol. The average molecular weight is 321 g/mol. The van der Waals surface area contributed by atoms with Crippen LogP contribution in [0.25, 0.3) is 0 Å². The predicted octanol–water partition coefficient (Wildman–Crippen LogP) is -1.55. The first-order valence-corrected chi connectivity index (χ1v) is 7.73. The fourth-order valence-electron chi connectivity index (χ4n) is 1.98. The summed E-state index contributed by atoms with van der Waals surface area (Å²) in [5, 5.41) is 18.4. The van der Waals surface area contributed by atoms with Gasteiger partial charge in [0.05, 0.1) is 11.6 Å². The number of primary amides is 1. The molecule has 1 aliphatic rings. The number of nitrogens with zero attached hydrogens (tertiary/aromatic N) is 2. The van der Waals surface area contributed by atoms with Gasteiger partial charge in [0.15, 0.2) is 9.90 Å². The predicted molar refractivity (Wildman–Crippen MR) is 66.6 cm³/mol. The number of aliphatic hydroxyl groups is 1. The van der Waals surface area contributed by atoms with Crippen LogP contribution in [0, 0.1) is 0 Å². The number of hydrogen-bond donors (Lipinski definition) is 3. The van der Waals surface area contributed by atoms with E-state index in [0.29, 0.717) is 11.3 Å². The Hall–Kier alpha value is -1.56. The van der Waals surface area contributed by atoms with Crippen molar-refractivity contribution in [3.63, 3.8) is 0 Å². The van der Waals surface area contributed by atoms with Crippen LogP contribution in [0.4, 0.5) is 0 Å². The number of nitrogens with two attached hydrogens (primary N) is 1. The van der Waals surface area contributed by atoms with Crippen LogP contribution in [0.2, 0.25) is 0 Å². The summed E-state index contributed by atoms with van der Waals surface area (Å²) >= 11 is 0.631. The normalized spacial score (nSPS) is 23.9. The second kappa shape index (κ2) is 5.09. The molecule has 0 bridgehead atoms. The lowest BCUT2D eigenvalue weighted by Gasteiger charge is -2.20. The minimum absolute atomic E-state index is 0.115. The Bertz CT molecular complexity index is 654. The van der Waals surface area contributed by atoms with Crippen LogP contribution in [0.5, 0.6) is 0 Å². The molecular weight excluding hydrogens is 310 g/mol. The third-order valence-electron chi connectivity index (χ3n) is 2.84. The number of sulfonamides is 1. The van der Waals surface area contributed by atoms with Crippen molar-refractivity contribution in [2.75, 3.05) is 6.54 Å². The summed E-state index contributed by atoms with van der Waals surface area (Å²) < 4.78 is 25.0. The highest BCUT2D eigenvalue weighted by Gasteiger charge is 2.44. The molecule has 11 heteroatoms. The van der Waals surface area contributed by atoms with Gasteiger partial charge in [-0.1, -0.05) is 0 Å². The fourth-order valence-corrected chi connectivity index (χ4v) is 4.87. The quantitative estimate of drug-likeness (QED) is 0.607. The molecule has 1 amide bonds. The smallest absolute Gasteiger partial charge is 0.356 e. The van der Waals surface area contributed by atoms with Gasteiger partial charge in [0.25, 0.3) is 10.0 Å². The van der Waals surface area contributed by atoms with Gasteiger partial charge in [0, 0.05) is 13.0 Å². The van der Waals surface area contributed by atoms with Crippen LogP contribution >= 0.6 is 11.3 Å². The van der Waals surface area contributed by atoms with Crippen LogP contribution in [-0.4, -0.2) is 58.5 Å². The molecule has 2 rings (SSSR count). The Labute approximate surface area is 117 Å². The second-order valence-corrected chi connectivity index (χ2v) is 7.12. The summed E-state index contributed by atoms with van der Waals surface area (Å²) in [6, 6.07) is -1.20. The van der Waals surface area contributed by atoms with Gasteiger partial charge in [-0.2, -0.15) is 4.31 Å². The summed E-state index contributed by atoms with van der Waals surface area (Å²) in [5.74, 6) is -2.38. The lowest BCUT2D eigenvalue weighted by Crippen LogP contribution is -2.43. The molecule has 1 aromatic heterocycles.